The Bertz CT molecular complexity index is 492. The van der Waals surface area contributed by atoms with E-state index in [1.54, 1.807) is 0 Å². The van der Waals surface area contributed by atoms with Crippen LogP contribution in [0.5, 0.6) is 0 Å². The summed E-state index contributed by atoms with van der Waals surface area (Å²) in [6.45, 7) is 3.04. The number of halogens is 4. The summed E-state index contributed by atoms with van der Waals surface area (Å²) in [7, 11) is -3.80. The summed E-state index contributed by atoms with van der Waals surface area (Å²) in [5.74, 6) is -1.08. The van der Waals surface area contributed by atoms with Crippen LogP contribution < -0.4 is 0 Å². The molecule has 0 bridgehead atoms. The van der Waals surface area contributed by atoms with Crippen molar-refractivity contribution < 1.29 is 31.2 Å². The van der Waals surface area contributed by atoms with Gasteiger partial charge in [0.2, 0.25) is 0 Å². The summed E-state index contributed by atoms with van der Waals surface area (Å²) in [5.41, 5.74) is -1.87. The molecule has 3 nitrogen and oxygen atoms in total. The second-order valence-corrected chi connectivity index (χ2v) is 5.92. The van der Waals surface area contributed by atoms with Crippen molar-refractivity contribution >= 4 is 7.60 Å². The number of hydrogen-bond acceptors (Lipinski definition) is 3. The molecule has 0 radical (unpaired) electrons. The van der Waals surface area contributed by atoms with Crippen LogP contribution >= 0.6 is 7.60 Å². The number of hydrogen-bond donors (Lipinski definition) is 0. The minimum Gasteiger partial charge on any atom is -0.309 e. The highest BCUT2D eigenvalue weighted by Crippen LogP contribution is 2.53. The van der Waals surface area contributed by atoms with Gasteiger partial charge in [-0.05, 0) is 26.0 Å². The predicted octanol–water partition coefficient (Wildman–Crippen LogP) is 4.61. The van der Waals surface area contributed by atoms with Gasteiger partial charge in [0.1, 0.15) is 5.82 Å². The van der Waals surface area contributed by atoms with E-state index in [4.69, 9.17) is 9.05 Å². The standard InChI is InChI=1S/C12H15F4O3P/c1-3-18-20(17,19-4-2)8-9-10(12(14,15)16)6-5-7-11(9)13/h5-7H,3-4,8H2,1-2H3. The van der Waals surface area contributed by atoms with Gasteiger partial charge in [-0.1, -0.05) is 6.07 Å². The van der Waals surface area contributed by atoms with Crippen molar-refractivity contribution in [3.8, 4) is 0 Å². The minimum absolute atomic E-state index is 0.00686. The molecule has 0 N–H and O–H groups in total. The highest BCUT2D eigenvalue weighted by molar-refractivity contribution is 7.53. The lowest BCUT2D eigenvalue weighted by molar-refractivity contribution is -0.138. The van der Waals surface area contributed by atoms with Crippen LogP contribution in [0.1, 0.15) is 25.0 Å². The minimum atomic E-state index is -4.74. The van der Waals surface area contributed by atoms with Crippen LogP contribution in [0.25, 0.3) is 0 Å². The first-order chi connectivity index (χ1) is 9.23. The highest BCUT2D eigenvalue weighted by atomic mass is 31.2. The Kier molecular flexibility index (Phi) is 5.74. The van der Waals surface area contributed by atoms with E-state index in [0.29, 0.717) is 0 Å². The summed E-state index contributed by atoms with van der Waals surface area (Å²) in [5, 5.41) is 0. The van der Waals surface area contributed by atoms with Crippen molar-refractivity contribution in [2.75, 3.05) is 13.2 Å². The van der Waals surface area contributed by atoms with E-state index in [-0.39, 0.29) is 13.2 Å². The maximum Gasteiger partial charge on any atom is 0.416 e. The largest absolute Gasteiger partial charge is 0.416 e. The molecule has 1 aromatic rings. The van der Waals surface area contributed by atoms with E-state index >= 15 is 0 Å². The van der Waals surface area contributed by atoms with Gasteiger partial charge in [-0.15, -0.1) is 0 Å². The Labute approximate surface area is 114 Å². The Morgan fingerprint density at radius 1 is 1.15 bits per heavy atom. The van der Waals surface area contributed by atoms with Gasteiger partial charge in [-0.25, -0.2) is 4.39 Å². The van der Waals surface area contributed by atoms with Crippen molar-refractivity contribution in [1.82, 2.24) is 0 Å². The third-order valence-electron chi connectivity index (χ3n) is 2.43. The van der Waals surface area contributed by atoms with E-state index in [0.717, 1.165) is 18.2 Å². The topological polar surface area (TPSA) is 35.5 Å². The van der Waals surface area contributed by atoms with Crippen molar-refractivity contribution in [3.05, 3.63) is 35.1 Å². The molecule has 0 atom stereocenters. The van der Waals surface area contributed by atoms with Gasteiger partial charge in [0.05, 0.1) is 24.9 Å². The van der Waals surface area contributed by atoms with Gasteiger partial charge in [-0.3, -0.25) is 4.57 Å². The maximum atomic E-state index is 13.7. The first kappa shape index (κ1) is 17.1. The lowest BCUT2D eigenvalue weighted by Gasteiger charge is -2.20. The molecule has 0 amide bonds. The molecule has 1 rings (SSSR count). The fourth-order valence-electron chi connectivity index (χ4n) is 1.70. The Hall–Kier alpha value is -0.910. The van der Waals surface area contributed by atoms with Gasteiger partial charge in [0.15, 0.2) is 0 Å². The first-order valence-electron chi connectivity index (χ1n) is 5.96. The molecule has 0 unspecified atom stereocenters. The van der Waals surface area contributed by atoms with Gasteiger partial charge in [0.25, 0.3) is 0 Å². The van der Waals surface area contributed by atoms with Crippen molar-refractivity contribution in [1.29, 1.82) is 0 Å². The molecule has 0 heterocycles. The molecule has 0 aliphatic heterocycles. The SMILES string of the molecule is CCOP(=O)(Cc1c(F)cccc1C(F)(F)F)OCC. The normalized spacial score (nSPS) is 12.7. The van der Waals surface area contributed by atoms with Gasteiger partial charge < -0.3 is 9.05 Å². The van der Waals surface area contributed by atoms with E-state index in [1.165, 1.54) is 13.8 Å². The van der Waals surface area contributed by atoms with Gasteiger partial charge >= 0.3 is 13.8 Å². The summed E-state index contributed by atoms with van der Waals surface area (Å²) in [4.78, 5) is 0. The fraction of sp³-hybridized carbons (Fsp3) is 0.500. The molecular weight excluding hydrogens is 299 g/mol. The van der Waals surface area contributed by atoms with E-state index in [1.807, 2.05) is 0 Å². The molecule has 0 aromatic heterocycles. The van der Waals surface area contributed by atoms with Crippen LogP contribution in [0.2, 0.25) is 0 Å². The van der Waals surface area contributed by atoms with Crippen molar-refractivity contribution in [2.24, 2.45) is 0 Å². The molecule has 20 heavy (non-hydrogen) atoms. The molecule has 0 aliphatic rings. The van der Waals surface area contributed by atoms with Crippen molar-refractivity contribution in [3.63, 3.8) is 0 Å². The second-order valence-electron chi connectivity index (χ2n) is 3.87. The molecule has 8 heteroatoms. The van der Waals surface area contributed by atoms with Crippen LogP contribution in [0.3, 0.4) is 0 Å². The molecular formula is C12H15F4O3P. The van der Waals surface area contributed by atoms with Crippen LogP contribution in [-0.4, -0.2) is 13.2 Å². The number of alkyl halides is 3. The molecule has 0 aliphatic carbocycles. The molecule has 0 spiro atoms. The molecule has 114 valence electrons. The molecule has 0 saturated carbocycles. The fourth-order valence-corrected chi connectivity index (χ4v) is 3.45. The maximum absolute atomic E-state index is 13.7. The van der Waals surface area contributed by atoms with Crippen molar-refractivity contribution in [2.45, 2.75) is 26.2 Å². The lowest BCUT2D eigenvalue weighted by atomic mass is 10.1. The zero-order valence-electron chi connectivity index (χ0n) is 11.0. The van der Waals surface area contributed by atoms with Crippen LogP contribution in [0.15, 0.2) is 18.2 Å². The van der Waals surface area contributed by atoms with Gasteiger partial charge in [-0.2, -0.15) is 13.2 Å². The lowest BCUT2D eigenvalue weighted by Crippen LogP contribution is -2.12. The number of benzene rings is 1. The smallest absolute Gasteiger partial charge is 0.309 e. The van der Waals surface area contributed by atoms with Gasteiger partial charge in [0, 0.05) is 5.56 Å². The Morgan fingerprint density at radius 2 is 1.70 bits per heavy atom. The van der Waals surface area contributed by atoms with E-state index < -0.39 is 36.9 Å². The number of rotatable bonds is 6. The summed E-state index contributed by atoms with van der Waals surface area (Å²) in [6, 6.07) is 2.57. The van der Waals surface area contributed by atoms with E-state index in [9.17, 15) is 22.1 Å². The Morgan fingerprint density at radius 3 is 2.15 bits per heavy atom. The summed E-state index contributed by atoms with van der Waals surface area (Å²) >= 11 is 0. The third-order valence-corrected chi connectivity index (χ3v) is 4.43. The zero-order valence-corrected chi connectivity index (χ0v) is 11.9. The predicted molar refractivity (Wildman–Crippen MR) is 66.0 cm³/mol. The summed E-state index contributed by atoms with van der Waals surface area (Å²) < 4.78 is 74.2. The molecule has 1 aromatic carbocycles. The van der Waals surface area contributed by atoms with Crippen LogP contribution in [0.4, 0.5) is 17.6 Å². The monoisotopic (exact) mass is 314 g/mol. The van der Waals surface area contributed by atoms with E-state index in [2.05, 4.69) is 0 Å². The molecule has 0 fully saturated rings. The first-order valence-corrected chi connectivity index (χ1v) is 7.69. The average molecular weight is 314 g/mol. The average Bonchev–Trinajstić information content (AvgIpc) is 2.31. The third kappa shape index (κ3) is 4.30. The van der Waals surface area contributed by atoms with Crippen LogP contribution in [-0.2, 0) is 26.0 Å². The quantitative estimate of drug-likeness (QED) is 0.568. The molecule has 0 saturated heterocycles. The Balaban J connectivity index is 3.22. The second kappa shape index (κ2) is 6.70. The zero-order chi connectivity index (χ0) is 15.4. The van der Waals surface area contributed by atoms with Crippen LogP contribution in [0, 0.1) is 5.82 Å². The highest BCUT2D eigenvalue weighted by Gasteiger charge is 2.37. The summed E-state index contributed by atoms with van der Waals surface area (Å²) in [6.07, 6.45) is -5.49.